The van der Waals surface area contributed by atoms with Gasteiger partial charge in [0.2, 0.25) is 11.8 Å². The molecule has 1 aliphatic rings. The first-order valence-corrected chi connectivity index (χ1v) is 19.4. The van der Waals surface area contributed by atoms with Crippen LogP contribution in [-0.4, -0.2) is 94.2 Å². The number of amides is 3. The maximum Gasteiger partial charge on any atom is 0.407 e. The van der Waals surface area contributed by atoms with Crippen molar-refractivity contribution in [3.8, 4) is 0 Å². The van der Waals surface area contributed by atoms with Crippen molar-refractivity contribution in [2.24, 2.45) is 11.8 Å². The fraction of sp³-hybridized carbons (Fsp3) is 0.550. The number of nitrogens with zero attached hydrogens (tertiary/aromatic N) is 3. The zero-order valence-electron chi connectivity index (χ0n) is 32.1. The molecule has 1 fully saturated rings. The van der Waals surface area contributed by atoms with Crippen molar-refractivity contribution in [3.63, 3.8) is 0 Å². The van der Waals surface area contributed by atoms with Gasteiger partial charge in [-0.2, -0.15) is 0 Å². The number of carbonyl (C=O) groups is 3. The van der Waals surface area contributed by atoms with E-state index in [1.807, 2.05) is 75.2 Å². The maximum atomic E-state index is 13.9. The normalized spacial score (nSPS) is 17.3. The van der Waals surface area contributed by atoms with Gasteiger partial charge >= 0.3 is 6.09 Å². The Kier molecular flexibility index (Phi) is 15.3. The van der Waals surface area contributed by atoms with Crippen LogP contribution in [0.2, 0.25) is 0 Å². The molecule has 1 aromatic heterocycles. The Labute approximate surface area is 317 Å². The monoisotopic (exact) mass is 752 g/mol. The predicted molar refractivity (Wildman–Crippen MR) is 206 cm³/mol. The molecule has 4 rings (SSSR count). The molecule has 290 valence electrons. The number of aliphatic hydroxyl groups is 1. The number of alkyl carbamates (subject to hydrolysis) is 1. The van der Waals surface area contributed by atoms with Crippen molar-refractivity contribution in [1.82, 2.24) is 30.7 Å². The minimum absolute atomic E-state index is 0.0359. The van der Waals surface area contributed by atoms with E-state index in [1.165, 1.54) is 23.5 Å². The lowest BCUT2D eigenvalue weighted by atomic mass is 9.93. The Bertz CT molecular complexity index is 1610. The lowest BCUT2D eigenvalue weighted by Crippen LogP contribution is -2.63. The summed E-state index contributed by atoms with van der Waals surface area (Å²) < 4.78 is 18.9. The average molecular weight is 753 g/mol. The Morgan fingerprint density at radius 3 is 2.34 bits per heavy atom. The second-order valence-corrected chi connectivity index (χ2v) is 16.5. The highest BCUT2D eigenvalue weighted by Gasteiger charge is 2.37. The van der Waals surface area contributed by atoms with E-state index in [-0.39, 0.29) is 49.2 Å². The highest BCUT2D eigenvalue weighted by atomic mass is 32.1. The largest absolute Gasteiger partial charge is 0.443 e. The molecule has 1 aliphatic heterocycles. The zero-order chi connectivity index (χ0) is 38.7. The van der Waals surface area contributed by atoms with E-state index in [2.05, 4.69) is 39.7 Å². The Hall–Kier alpha value is -3.91. The molecule has 4 atom stereocenters. The van der Waals surface area contributed by atoms with Crippen LogP contribution in [-0.2, 0) is 33.9 Å². The second-order valence-electron chi connectivity index (χ2n) is 15.6. The molecule has 3 amide bonds. The topological polar surface area (TPSA) is 136 Å². The molecular weight excluding hydrogens is 696 g/mol. The van der Waals surface area contributed by atoms with Crippen molar-refractivity contribution in [1.29, 1.82) is 0 Å². The SMILES string of the molecule is CC(C)c1nc(COC(=O)NC[C@@H](C(=O)N[C@H](Cc2ccccc2)[C@@H](O)CN2CCN(Cc3ccc(F)cc3)C[C@@H]2C(=O)NC(C)(C)C)C(C)C)cs1. The highest BCUT2D eigenvalue weighted by molar-refractivity contribution is 7.09. The van der Waals surface area contributed by atoms with E-state index in [0.717, 1.165) is 16.1 Å². The molecule has 13 heteroatoms. The van der Waals surface area contributed by atoms with Crippen LogP contribution in [0.15, 0.2) is 60.0 Å². The fourth-order valence-electron chi connectivity index (χ4n) is 6.27. The van der Waals surface area contributed by atoms with Gasteiger partial charge < -0.3 is 25.8 Å². The number of hydrogen-bond acceptors (Lipinski definition) is 9. The van der Waals surface area contributed by atoms with Gasteiger partial charge in [0.25, 0.3) is 0 Å². The van der Waals surface area contributed by atoms with Crippen LogP contribution in [0.1, 0.15) is 76.2 Å². The third-order valence-corrected chi connectivity index (χ3v) is 10.4. The molecule has 3 aromatic rings. The third-order valence-electron chi connectivity index (χ3n) is 9.23. The summed E-state index contributed by atoms with van der Waals surface area (Å²) in [5, 5.41) is 23.6. The van der Waals surface area contributed by atoms with Crippen molar-refractivity contribution in [2.75, 3.05) is 32.7 Å². The van der Waals surface area contributed by atoms with Crippen LogP contribution in [0.3, 0.4) is 0 Å². The van der Waals surface area contributed by atoms with Gasteiger partial charge in [0.05, 0.1) is 28.8 Å². The lowest BCUT2D eigenvalue weighted by molar-refractivity contribution is -0.132. The summed E-state index contributed by atoms with van der Waals surface area (Å²) in [6.07, 6.45) is -1.29. The van der Waals surface area contributed by atoms with Crippen molar-refractivity contribution in [3.05, 3.63) is 87.6 Å². The molecule has 0 saturated carbocycles. The zero-order valence-corrected chi connectivity index (χ0v) is 32.9. The number of carbonyl (C=O) groups excluding carboxylic acids is 3. The predicted octanol–water partition coefficient (Wildman–Crippen LogP) is 5.09. The molecular formula is C40H57FN6O5S. The summed E-state index contributed by atoms with van der Waals surface area (Å²) in [6, 6.07) is 14.8. The first-order valence-electron chi connectivity index (χ1n) is 18.5. The molecule has 0 aliphatic carbocycles. The Balaban J connectivity index is 1.44. The third kappa shape index (κ3) is 13.5. The summed E-state index contributed by atoms with van der Waals surface area (Å²) in [7, 11) is 0. The number of benzene rings is 2. The van der Waals surface area contributed by atoms with Crippen LogP contribution in [0.5, 0.6) is 0 Å². The average Bonchev–Trinajstić information content (AvgIpc) is 3.58. The van der Waals surface area contributed by atoms with Gasteiger partial charge in [-0.25, -0.2) is 14.2 Å². The van der Waals surface area contributed by atoms with Crippen LogP contribution >= 0.6 is 11.3 Å². The van der Waals surface area contributed by atoms with Crippen LogP contribution in [0.25, 0.3) is 0 Å². The van der Waals surface area contributed by atoms with E-state index < -0.39 is 35.7 Å². The first kappa shape index (κ1) is 41.8. The molecule has 0 bridgehead atoms. The second kappa shape index (κ2) is 19.4. The van der Waals surface area contributed by atoms with Gasteiger partial charge in [-0.3, -0.25) is 19.4 Å². The number of nitrogens with one attached hydrogen (secondary N) is 3. The van der Waals surface area contributed by atoms with Gasteiger partial charge in [-0.15, -0.1) is 11.3 Å². The minimum Gasteiger partial charge on any atom is -0.443 e. The molecule has 1 saturated heterocycles. The van der Waals surface area contributed by atoms with Crippen molar-refractivity contribution < 1.29 is 28.6 Å². The van der Waals surface area contributed by atoms with E-state index >= 15 is 0 Å². The Morgan fingerprint density at radius 2 is 1.72 bits per heavy atom. The Morgan fingerprint density at radius 1 is 1.02 bits per heavy atom. The number of halogens is 1. The molecule has 4 N–H and O–H groups in total. The molecule has 53 heavy (non-hydrogen) atoms. The quantitative estimate of drug-likeness (QED) is 0.159. The number of ether oxygens (including phenoxy) is 1. The van der Waals surface area contributed by atoms with Gasteiger partial charge in [-0.05, 0) is 56.4 Å². The number of β-amino-alcohol motifs (C(OH)–C–C–N with tert-alkyl or cyclic N) is 1. The summed E-state index contributed by atoms with van der Waals surface area (Å²) >= 11 is 1.53. The van der Waals surface area contributed by atoms with E-state index in [4.69, 9.17) is 4.74 Å². The minimum atomic E-state index is -1.02. The number of thiazole rings is 1. The number of aromatic nitrogens is 1. The number of piperazine rings is 1. The number of rotatable bonds is 16. The van der Waals surface area contributed by atoms with Crippen LogP contribution in [0.4, 0.5) is 9.18 Å². The van der Waals surface area contributed by atoms with E-state index in [0.29, 0.717) is 38.3 Å². The van der Waals surface area contributed by atoms with Gasteiger partial charge in [0.1, 0.15) is 18.5 Å². The van der Waals surface area contributed by atoms with Gasteiger partial charge in [0.15, 0.2) is 0 Å². The maximum absolute atomic E-state index is 13.9. The summed E-state index contributed by atoms with van der Waals surface area (Å²) in [5.41, 5.74) is 2.10. The van der Waals surface area contributed by atoms with Crippen LogP contribution in [0, 0.1) is 17.7 Å². The van der Waals surface area contributed by atoms with Crippen molar-refractivity contribution in [2.45, 2.75) is 97.7 Å². The van der Waals surface area contributed by atoms with Gasteiger partial charge in [-0.1, -0.05) is 70.2 Å². The van der Waals surface area contributed by atoms with E-state index in [1.54, 1.807) is 12.1 Å². The number of aliphatic hydroxyl groups excluding tert-OH is 1. The fourth-order valence-corrected chi connectivity index (χ4v) is 7.09. The van der Waals surface area contributed by atoms with Crippen molar-refractivity contribution >= 4 is 29.2 Å². The molecule has 0 unspecified atom stereocenters. The summed E-state index contributed by atoms with van der Waals surface area (Å²) in [5.74, 6) is -1.18. The molecule has 0 radical (unpaired) electrons. The van der Waals surface area contributed by atoms with E-state index in [9.17, 15) is 23.9 Å². The smallest absolute Gasteiger partial charge is 0.407 e. The summed E-state index contributed by atoms with van der Waals surface area (Å²) in [6.45, 7) is 16.1. The molecule has 0 spiro atoms. The van der Waals surface area contributed by atoms with Crippen LogP contribution < -0.4 is 16.0 Å². The molecule has 2 aromatic carbocycles. The lowest BCUT2D eigenvalue weighted by Gasteiger charge is -2.43. The first-order chi connectivity index (χ1) is 25.1. The molecule has 2 heterocycles. The standard InChI is InChI=1S/C40H57FN6O5S/c1-26(2)32(20-42-39(51)52-24-31-25-53-38(43-31)27(3)4)36(49)44-33(19-28-11-9-8-10-12-28)35(48)23-47-18-17-46(21-29-13-15-30(41)16-14-29)22-34(47)37(50)45-40(5,6)7/h8-16,25-27,32-35,48H,17-24H2,1-7H3,(H,42,51)(H,44,49)(H,45,50)/t32-,33-,34-,35+/m1/s1. The molecule has 11 nitrogen and oxygen atoms in total. The van der Waals surface area contributed by atoms with Gasteiger partial charge in [0, 0.05) is 56.1 Å². The summed E-state index contributed by atoms with van der Waals surface area (Å²) in [4.78, 5) is 48.9. The highest BCUT2D eigenvalue weighted by Crippen LogP contribution is 2.21. The number of hydrogen-bond donors (Lipinski definition) is 4.